The van der Waals surface area contributed by atoms with Crippen molar-refractivity contribution < 1.29 is 28.3 Å². The van der Waals surface area contributed by atoms with Crippen molar-refractivity contribution in [3.05, 3.63) is 57.9 Å². The molecule has 0 atom stereocenters. The van der Waals surface area contributed by atoms with Gasteiger partial charge in [0.2, 0.25) is 0 Å². The summed E-state index contributed by atoms with van der Waals surface area (Å²) >= 11 is 0. The Hall–Kier alpha value is -3.36. The van der Waals surface area contributed by atoms with Crippen LogP contribution in [-0.2, 0) is 11.3 Å². The highest BCUT2D eigenvalue weighted by molar-refractivity contribution is 5.77. The Labute approximate surface area is 155 Å². The molecular formula is C18H19FN2O6. The van der Waals surface area contributed by atoms with Crippen LogP contribution in [0, 0.1) is 15.9 Å². The van der Waals surface area contributed by atoms with Crippen molar-refractivity contribution in [2.45, 2.75) is 6.54 Å². The number of hydrogen-bond donors (Lipinski definition) is 0. The molecule has 0 aromatic heterocycles. The third-order valence-electron chi connectivity index (χ3n) is 3.77. The molecule has 0 aliphatic rings. The number of nitro benzene ring substituents is 1. The smallest absolute Gasteiger partial charge is 0.273 e. The molecule has 144 valence electrons. The van der Waals surface area contributed by atoms with E-state index in [9.17, 15) is 19.3 Å². The van der Waals surface area contributed by atoms with Crippen molar-refractivity contribution >= 4 is 11.6 Å². The zero-order valence-electron chi connectivity index (χ0n) is 15.1. The first kappa shape index (κ1) is 20.0. The fourth-order valence-corrected chi connectivity index (χ4v) is 2.31. The van der Waals surface area contributed by atoms with Crippen LogP contribution in [0.2, 0.25) is 0 Å². The van der Waals surface area contributed by atoms with Gasteiger partial charge in [-0.05, 0) is 23.8 Å². The summed E-state index contributed by atoms with van der Waals surface area (Å²) in [7, 11) is 4.30. The minimum atomic E-state index is -0.571. The maximum Gasteiger partial charge on any atom is 0.273 e. The molecule has 0 spiro atoms. The van der Waals surface area contributed by atoms with Gasteiger partial charge >= 0.3 is 0 Å². The van der Waals surface area contributed by atoms with Gasteiger partial charge in [0.1, 0.15) is 0 Å². The highest BCUT2D eigenvalue weighted by Gasteiger charge is 2.16. The first-order valence-electron chi connectivity index (χ1n) is 7.87. The number of halogens is 1. The second-order valence-electron chi connectivity index (χ2n) is 5.60. The van der Waals surface area contributed by atoms with E-state index >= 15 is 0 Å². The van der Waals surface area contributed by atoms with Gasteiger partial charge in [0.25, 0.3) is 11.6 Å². The zero-order valence-corrected chi connectivity index (χ0v) is 15.1. The largest absolute Gasteiger partial charge is 0.494 e. The van der Waals surface area contributed by atoms with Crippen molar-refractivity contribution in [1.29, 1.82) is 0 Å². The van der Waals surface area contributed by atoms with E-state index in [1.165, 1.54) is 49.5 Å². The zero-order chi connectivity index (χ0) is 20.0. The number of amides is 1. The number of hydrogen-bond acceptors (Lipinski definition) is 6. The second-order valence-corrected chi connectivity index (χ2v) is 5.60. The lowest BCUT2D eigenvalue weighted by molar-refractivity contribution is -0.385. The van der Waals surface area contributed by atoms with Crippen molar-refractivity contribution in [2.75, 3.05) is 27.9 Å². The molecule has 0 fully saturated rings. The molecule has 0 aliphatic carbocycles. The number of benzene rings is 2. The van der Waals surface area contributed by atoms with Gasteiger partial charge in [-0.2, -0.15) is 0 Å². The van der Waals surface area contributed by atoms with E-state index in [-0.39, 0.29) is 42.0 Å². The average Bonchev–Trinajstić information content (AvgIpc) is 2.65. The lowest BCUT2D eigenvalue weighted by Gasteiger charge is -2.18. The summed E-state index contributed by atoms with van der Waals surface area (Å²) in [6.45, 7) is -0.193. The summed E-state index contributed by atoms with van der Waals surface area (Å²) in [6.07, 6.45) is 0. The molecule has 0 heterocycles. The molecule has 0 unspecified atom stereocenters. The third kappa shape index (κ3) is 5.06. The van der Waals surface area contributed by atoms with Crippen LogP contribution in [0.15, 0.2) is 36.4 Å². The third-order valence-corrected chi connectivity index (χ3v) is 3.77. The minimum Gasteiger partial charge on any atom is -0.494 e. The van der Waals surface area contributed by atoms with Crippen LogP contribution < -0.4 is 14.2 Å². The average molecular weight is 378 g/mol. The Morgan fingerprint density at radius 2 is 1.78 bits per heavy atom. The van der Waals surface area contributed by atoms with E-state index in [2.05, 4.69) is 0 Å². The molecule has 0 aliphatic heterocycles. The minimum absolute atomic E-state index is 0.0870. The fraction of sp³-hybridized carbons (Fsp3) is 0.278. The van der Waals surface area contributed by atoms with Gasteiger partial charge in [-0.15, -0.1) is 0 Å². The summed E-state index contributed by atoms with van der Waals surface area (Å²) in [6, 6.07) is 8.27. The molecule has 2 aromatic rings. The SMILES string of the molecule is COc1ccc(CN(C)C(=O)COc2cc([N+](=O)[O-])ccc2OC)cc1F. The molecule has 0 radical (unpaired) electrons. The molecule has 2 rings (SSSR count). The van der Waals surface area contributed by atoms with Crippen LogP contribution in [0.3, 0.4) is 0 Å². The normalized spacial score (nSPS) is 10.2. The summed E-state index contributed by atoms with van der Waals surface area (Å²) in [4.78, 5) is 23.9. The molecule has 0 N–H and O–H groups in total. The van der Waals surface area contributed by atoms with Gasteiger partial charge in [-0.25, -0.2) is 4.39 Å². The summed E-state index contributed by atoms with van der Waals surface area (Å²) in [5.74, 6) is -0.431. The van der Waals surface area contributed by atoms with E-state index in [0.717, 1.165) is 0 Å². The number of nitro groups is 1. The van der Waals surface area contributed by atoms with Crippen LogP contribution in [-0.4, -0.2) is 43.6 Å². The van der Waals surface area contributed by atoms with Gasteiger partial charge in [-0.1, -0.05) is 6.07 Å². The summed E-state index contributed by atoms with van der Waals surface area (Å²) in [5.41, 5.74) is 0.400. The Morgan fingerprint density at radius 3 is 2.37 bits per heavy atom. The Kier molecular flexibility index (Phi) is 6.53. The van der Waals surface area contributed by atoms with Crippen LogP contribution in [0.1, 0.15) is 5.56 Å². The van der Waals surface area contributed by atoms with E-state index < -0.39 is 10.7 Å². The molecule has 27 heavy (non-hydrogen) atoms. The van der Waals surface area contributed by atoms with E-state index in [0.29, 0.717) is 5.56 Å². The number of carbonyl (C=O) groups is 1. The molecule has 1 amide bonds. The summed E-state index contributed by atoms with van der Waals surface area (Å²) < 4.78 is 29.1. The first-order valence-corrected chi connectivity index (χ1v) is 7.87. The monoisotopic (exact) mass is 378 g/mol. The predicted octanol–water partition coefficient (Wildman–Crippen LogP) is 2.79. The second kappa shape index (κ2) is 8.84. The number of ether oxygens (including phenoxy) is 3. The van der Waals surface area contributed by atoms with Gasteiger partial charge in [0, 0.05) is 19.7 Å². The lowest BCUT2D eigenvalue weighted by Crippen LogP contribution is -2.31. The van der Waals surface area contributed by atoms with E-state index in [1.807, 2.05) is 0 Å². The maximum atomic E-state index is 13.7. The number of methoxy groups -OCH3 is 2. The van der Waals surface area contributed by atoms with Crippen LogP contribution in [0.5, 0.6) is 17.2 Å². The van der Waals surface area contributed by atoms with Crippen molar-refractivity contribution in [2.24, 2.45) is 0 Å². The topological polar surface area (TPSA) is 91.1 Å². The maximum absolute atomic E-state index is 13.7. The molecule has 0 saturated heterocycles. The Morgan fingerprint density at radius 1 is 1.11 bits per heavy atom. The molecule has 9 heteroatoms. The standard InChI is InChI=1S/C18H19FN2O6/c1-20(10-12-4-6-15(25-2)14(19)8-12)18(22)11-27-17-9-13(21(23)24)5-7-16(17)26-3/h4-9H,10-11H2,1-3H3. The fourth-order valence-electron chi connectivity index (χ4n) is 2.31. The van der Waals surface area contributed by atoms with Crippen LogP contribution in [0.4, 0.5) is 10.1 Å². The predicted molar refractivity (Wildman–Crippen MR) is 94.6 cm³/mol. The van der Waals surface area contributed by atoms with Gasteiger partial charge in [0.15, 0.2) is 29.7 Å². The molecular weight excluding hydrogens is 359 g/mol. The van der Waals surface area contributed by atoms with Crippen molar-refractivity contribution in [3.63, 3.8) is 0 Å². The van der Waals surface area contributed by atoms with Crippen LogP contribution >= 0.6 is 0 Å². The van der Waals surface area contributed by atoms with Gasteiger partial charge in [0.05, 0.1) is 25.2 Å². The summed E-state index contributed by atoms with van der Waals surface area (Å²) in [5, 5.41) is 10.9. The van der Waals surface area contributed by atoms with E-state index in [4.69, 9.17) is 14.2 Å². The highest BCUT2D eigenvalue weighted by Crippen LogP contribution is 2.31. The van der Waals surface area contributed by atoms with Crippen molar-refractivity contribution in [1.82, 2.24) is 4.90 Å². The number of likely N-dealkylation sites (N-methyl/N-ethyl adjacent to an activating group) is 1. The quantitative estimate of drug-likeness (QED) is 0.518. The van der Waals surface area contributed by atoms with Crippen molar-refractivity contribution in [3.8, 4) is 17.2 Å². The highest BCUT2D eigenvalue weighted by atomic mass is 19.1. The van der Waals surface area contributed by atoms with Crippen LogP contribution in [0.25, 0.3) is 0 Å². The number of nitrogens with zero attached hydrogens (tertiary/aromatic N) is 2. The lowest BCUT2D eigenvalue weighted by atomic mass is 10.2. The molecule has 8 nitrogen and oxygen atoms in total. The Bertz CT molecular complexity index is 843. The number of rotatable bonds is 8. The number of non-ortho nitro benzene ring substituents is 1. The molecule has 2 aromatic carbocycles. The molecule has 0 bridgehead atoms. The number of carbonyl (C=O) groups excluding carboxylic acids is 1. The van der Waals surface area contributed by atoms with Gasteiger partial charge < -0.3 is 19.1 Å². The first-order chi connectivity index (χ1) is 12.8. The van der Waals surface area contributed by atoms with E-state index in [1.54, 1.807) is 13.1 Å². The Balaban J connectivity index is 2.01. The molecule has 0 saturated carbocycles. The van der Waals surface area contributed by atoms with Gasteiger partial charge in [-0.3, -0.25) is 14.9 Å².